The van der Waals surface area contributed by atoms with Crippen LogP contribution in [-0.4, -0.2) is 14.5 Å². The van der Waals surface area contributed by atoms with Gasteiger partial charge < -0.3 is 0 Å². The molecule has 0 aliphatic heterocycles. The third kappa shape index (κ3) is 3.43. The predicted octanol–water partition coefficient (Wildman–Crippen LogP) is 11.0. The maximum Gasteiger partial charge on any atom is 0.165 e. The van der Waals surface area contributed by atoms with Crippen LogP contribution in [0.25, 0.3) is 82.5 Å². The Morgan fingerprint density at radius 2 is 1.15 bits per heavy atom. The lowest BCUT2D eigenvalue weighted by molar-refractivity contribution is 0.635. The van der Waals surface area contributed by atoms with Crippen LogP contribution in [-0.2, 0) is 5.41 Å². The van der Waals surface area contributed by atoms with Gasteiger partial charge in [-0.15, -0.1) is 0 Å². The molecule has 0 saturated heterocycles. The van der Waals surface area contributed by atoms with E-state index in [1.807, 2.05) is 0 Å². The largest absolute Gasteiger partial charge is 0.292 e. The fourth-order valence-electron chi connectivity index (χ4n) is 7.81. The summed E-state index contributed by atoms with van der Waals surface area (Å²) in [5.41, 5.74) is 8.38. The standard InChI is InChI=1S/C43H29N3/c1-43(2)36-17-9-7-16-34(36)40-41(43)44-39(30-21-22-32-29(23-30)20-19-26-11-5-6-14-31(26)32)42(45-40)46-37-18-10-8-15-33(37)35-24-27-12-3-4-13-28(27)25-38(35)46/h3-25H,1-2H3. The quantitative estimate of drug-likeness (QED) is 0.188. The summed E-state index contributed by atoms with van der Waals surface area (Å²) >= 11 is 0. The van der Waals surface area contributed by atoms with Gasteiger partial charge in [0.05, 0.1) is 22.4 Å². The average molecular weight is 588 g/mol. The van der Waals surface area contributed by atoms with Crippen LogP contribution in [0.1, 0.15) is 25.1 Å². The van der Waals surface area contributed by atoms with Gasteiger partial charge >= 0.3 is 0 Å². The summed E-state index contributed by atoms with van der Waals surface area (Å²) in [6.45, 7) is 4.55. The molecule has 0 bridgehead atoms. The smallest absolute Gasteiger partial charge is 0.165 e. The van der Waals surface area contributed by atoms with Crippen molar-refractivity contribution in [1.82, 2.24) is 14.5 Å². The van der Waals surface area contributed by atoms with Crippen LogP contribution in [0.4, 0.5) is 0 Å². The number of fused-ring (bicyclic) bond motifs is 10. The molecule has 0 amide bonds. The first-order valence-corrected chi connectivity index (χ1v) is 15.9. The van der Waals surface area contributed by atoms with Crippen LogP contribution in [0.2, 0.25) is 0 Å². The van der Waals surface area contributed by atoms with Gasteiger partial charge in [-0.3, -0.25) is 4.57 Å². The summed E-state index contributed by atoms with van der Waals surface area (Å²) < 4.78 is 2.35. The molecule has 1 aliphatic rings. The van der Waals surface area contributed by atoms with Crippen molar-refractivity contribution in [2.45, 2.75) is 19.3 Å². The minimum Gasteiger partial charge on any atom is -0.292 e. The summed E-state index contributed by atoms with van der Waals surface area (Å²) in [7, 11) is 0. The maximum absolute atomic E-state index is 5.62. The molecule has 0 atom stereocenters. The number of rotatable bonds is 2. The summed E-state index contributed by atoms with van der Waals surface area (Å²) in [6.07, 6.45) is 0. The number of hydrogen-bond acceptors (Lipinski definition) is 2. The zero-order valence-corrected chi connectivity index (χ0v) is 25.6. The highest BCUT2D eigenvalue weighted by molar-refractivity contribution is 6.14. The SMILES string of the molecule is CC1(C)c2ccccc2-c2nc(-n3c4ccccc4c4cc5ccccc5cc43)c(-c3ccc4c(ccc5ccccc54)c3)nc21. The first kappa shape index (κ1) is 25.5. The summed E-state index contributed by atoms with van der Waals surface area (Å²) in [4.78, 5) is 11.2. The Hall–Kier alpha value is -5.80. The lowest BCUT2D eigenvalue weighted by Gasteiger charge is -2.21. The number of aromatic nitrogens is 3. The predicted molar refractivity (Wildman–Crippen MR) is 192 cm³/mol. The van der Waals surface area contributed by atoms with Gasteiger partial charge in [0.2, 0.25) is 0 Å². The van der Waals surface area contributed by atoms with Crippen molar-refractivity contribution in [2.75, 3.05) is 0 Å². The van der Waals surface area contributed by atoms with E-state index in [9.17, 15) is 0 Å². The van der Waals surface area contributed by atoms with Crippen LogP contribution in [0.5, 0.6) is 0 Å². The number of benzene rings is 7. The van der Waals surface area contributed by atoms with Crippen molar-refractivity contribution in [3.05, 3.63) is 151 Å². The molecule has 9 aromatic rings. The molecule has 0 spiro atoms. The normalized spacial score (nSPS) is 13.6. The van der Waals surface area contributed by atoms with E-state index in [-0.39, 0.29) is 5.41 Å². The van der Waals surface area contributed by atoms with Crippen LogP contribution in [0.15, 0.2) is 140 Å². The topological polar surface area (TPSA) is 30.7 Å². The van der Waals surface area contributed by atoms with Crippen molar-refractivity contribution >= 4 is 54.1 Å². The van der Waals surface area contributed by atoms with E-state index in [1.54, 1.807) is 0 Å². The number of hydrogen-bond donors (Lipinski definition) is 0. The minimum absolute atomic E-state index is 0.268. The second-order valence-electron chi connectivity index (χ2n) is 13.1. The molecule has 0 saturated carbocycles. The highest BCUT2D eigenvalue weighted by atomic mass is 15.1. The zero-order chi connectivity index (χ0) is 30.6. The van der Waals surface area contributed by atoms with Crippen molar-refractivity contribution in [3.8, 4) is 28.3 Å². The van der Waals surface area contributed by atoms with Crippen molar-refractivity contribution < 1.29 is 0 Å². The molecule has 46 heavy (non-hydrogen) atoms. The van der Waals surface area contributed by atoms with Crippen molar-refractivity contribution in [2.24, 2.45) is 0 Å². The van der Waals surface area contributed by atoms with Crippen molar-refractivity contribution in [1.29, 1.82) is 0 Å². The molecule has 10 rings (SSSR count). The average Bonchev–Trinajstić information content (AvgIpc) is 3.54. The molecule has 0 unspecified atom stereocenters. The van der Waals surface area contributed by atoms with Crippen LogP contribution < -0.4 is 0 Å². The molecular formula is C43H29N3. The van der Waals surface area contributed by atoms with E-state index in [1.165, 1.54) is 54.2 Å². The Labute approximate surface area is 266 Å². The Kier molecular flexibility index (Phi) is 5.06. The number of nitrogens with zero attached hydrogens (tertiary/aromatic N) is 3. The lowest BCUT2D eigenvalue weighted by Crippen LogP contribution is -2.18. The molecule has 0 N–H and O–H groups in total. The molecule has 2 aromatic heterocycles. The van der Waals surface area contributed by atoms with Gasteiger partial charge in [-0.25, -0.2) is 9.97 Å². The molecule has 3 heteroatoms. The molecule has 216 valence electrons. The second-order valence-corrected chi connectivity index (χ2v) is 13.1. The first-order chi connectivity index (χ1) is 22.6. The van der Waals surface area contributed by atoms with Crippen LogP contribution >= 0.6 is 0 Å². The molecular weight excluding hydrogens is 558 g/mol. The Morgan fingerprint density at radius 1 is 0.478 bits per heavy atom. The molecule has 3 nitrogen and oxygen atoms in total. The molecule has 0 fully saturated rings. The van der Waals surface area contributed by atoms with Crippen LogP contribution in [0.3, 0.4) is 0 Å². The van der Waals surface area contributed by atoms with Gasteiger partial charge in [-0.05, 0) is 62.1 Å². The summed E-state index contributed by atoms with van der Waals surface area (Å²) in [5.74, 6) is 0.855. The van der Waals surface area contributed by atoms with Crippen molar-refractivity contribution in [3.63, 3.8) is 0 Å². The summed E-state index contributed by atoms with van der Waals surface area (Å²) in [5, 5.41) is 9.81. The van der Waals surface area contributed by atoms with E-state index in [4.69, 9.17) is 9.97 Å². The van der Waals surface area contributed by atoms with E-state index < -0.39 is 0 Å². The Balaban J connectivity index is 1.34. The first-order valence-electron chi connectivity index (χ1n) is 15.9. The van der Waals surface area contributed by atoms with Crippen LogP contribution in [0, 0.1) is 0 Å². The lowest BCUT2D eigenvalue weighted by atomic mass is 9.85. The monoisotopic (exact) mass is 587 g/mol. The second kappa shape index (κ2) is 9.12. The van der Waals surface area contributed by atoms with E-state index in [0.717, 1.165) is 39.5 Å². The summed E-state index contributed by atoms with van der Waals surface area (Å²) in [6, 6.07) is 50.4. The van der Waals surface area contributed by atoms with Gasteiger partial charge in [0.25, 0.3) is 0 Å². The third-order valence-corrected chi connectivity index (χ3v) is 10.1. The minimum atomic E-state index is -0.268. The van der Waals surface area contributed by atoms with Gasteiger partial charge in [0, 0.05) is 27.3 Å². The van der Waals surface area contributed by atoms with E-state index in [0.29, 0.717) is 0 Å². The molecule has 1 aliphatic carbocycles. The van der Waals surface area contributed by atoms with Gasteiger partial charge in [0.1, 0.15) is 5.69 Å². The van der Waals surface area contributed by atoms with Gasteiger partial charge in [0.15, 0.2) is 5.82 Å². The highest BCUT2D eigenvalue weighted by Crippen LogP contribution is 2.49. The molecule has 2 heterocycles. The van der Waals surface area contributed by atoms with Gasteiger partial charge in [-0.2, -0.15) is 0 Å². The third-order valence-electron chi connectivity index (χ3n) is 10.1. The zero-order valence-electron chi connectivity index (χ0n) is 25.6. The fraction of sp³-hybridized carbons (Fsp3) is 0.0698. The van der Waals surface area contributed by atoms with Gasteiger partial charge in [-0.1, -0.05) is 129 Å². The molecule has 7 aromatic carbocycles. The van der Waals surface area contributed by atoms with E-state index >= 15 is 0 Å². The van der Waals surface area contributed by atoms with E-state index in [2.05, 4.69) is 158 Å². The molecule has 0 radical (unpaired) electrons. The Bertz CT molecular complexity index is 2730. The fourth-order valence-corrected chi connectivity index (χ4v) is 7.81. The highest BCUT2D eigenvalue weighted by Gasteiger charge is 2.39. The maximum atomic E-state index is 5.62. The number of para-hydroxylation sites is 1. The Morgan fingerprint density at radius 3 is 2.02 bits per heavy atom.